The fourth-order valence-electron chi connectivity index (χ4n) is 2.46. The Balaban J connectivity index is 2.25. The highest BCUT2D eigenvalue weighted by Gasteiger charge is 2.28. The van der Waals surface area contributed by atoms with Gasteiger partial charge in [0.25, 0.3) is 0 Å². The van der Waals surface area contributed by atoms with E-state index in [0.29, 0.717) is 0 Å². The Morgan fingerprint density at radius 1 is 1.15 bits per heavy atom. The minimum atomic E-state index is -0.620. The molecule has 0 saturated heterocycles. The van der Waals surface area contributed by atoms with E-state index in [1.807, 2.05) is 0 Å². The molecule has 0 radical (unpaired) electrons. The molecule has 20 heavy (non-hydrogen) atoms. The van der Waals surface area contributed by atoms with Crippen molar-refractivity contribution in [3.05, 3.63) is 17.4 Å². The average molecular weight is 281 g/mol. The summed E-state index contributed by atoms with van der Waals surface area (Å²) in [6.45, 7) is 0. The number of rotatable bonds is 4. The molecule has 1 N–H and O–H groups in total. The third kappa shape index (κ3) is 2.95. The van der Waals surface area contributed by atoms with E-state index in [1.165, 1.54) is 26.9 Å². The van der Waals surface area contributed by atoms with E-state index >= 15 is 0 Å². The zero-order valence-electron chi connectivity index (χ0n) is 11.7. The highest BCUT2D eigenvalue weighted by Crippen LogP contribution is 2.28. The lowest BCUT2D eigenvalue weighted by atomic mass is 9.95. The maximum atomic E-state index is 11.8. The number of furan rings is 1. The summed E-state index contributed by atoms with van der Waals surface area (Å²) in [5, 5.41) is 3.19. The van der Waals surface area contributed by atoms with Crippen molar-refractivity contribution in [2.45, 2.75) is 38.1 Å². The van der Waals surface area contributed by atoms with Crippen LogP contribution in [0.3, 0.4) is 0 Å². The molecule has 0 aliphatic heterocycles. The first kappa shape index (κ1) is 14.4. The second-order valence-corrected chi connectivity index (χ2v) is 4.82. The van der Waals surface area contributed by atoms with Gasteiger partial charge in [0, 0.05) is 6.04 Å². The van der Waals surface area contributed by atoms with Crippen LogP contribution < -0.4 is 5.32 Å². The second-order valence-electron chi connectivity index (χ2n) is 4.82. The number of ether oxygens (including phenoxy) is 2. The molecule has 0 atom stereocenters. The molecule has 0 aromatic carbocycles. The van der Waals surface area contributed by atoms with Crippen LogP contribution in [0.1, 0.15) is 52.8 Å². The van der Waals surface area contributed by atoms with E-state index in [-0.39, 0.29) is 23.1 Å². The Bertz CT molecular complexity index is 488. The van der Waals surface area contributed by atoms with Crippen molar-refractivity contribution in [1.82, 2.24) is 0 Å². The molecule has 6 nitrogen and oxygen atoms in total. The molecule has 6 heteroatoms. The molecule has 1 aromatic heterocycles. The lowest BCUT2D eigenvalue weighted by molar-refractivity contribution is 0.0557. The number of methoxy groups -OCH3 is 2. The fraction of sp³-hybridized carbons (Fsp3) is 0.571. The normalized spacial score (nSPS) is 15.7. The van der Waals surface area contributed by atoms with Crippen LogP contribution in [-0.2, 0) is 9.47 Å². The molecule has 1 aliphatic carbocycles. The van der Waals surface area contributed by atoms with Gasteiger partial charge in [0.05, 0.1) is 14.2 Å². The maximum Gasteiger partial charge on any atom is 0.344 e. The number of esters is 2. The Labute approximate surface area is 117 Å². The Morgan fingerprint density at radius 3 is 2.40 bits per heavy atom. The van der Waals surface area contributed by atoms with Gasteiger partial charge in [0.2, 0.25) is 5.88 Å². The van der Waals surface area contributed by atoms with Crippen molar-refractivity contribution >= 4 is 17.8 Å². The summed E-state index contributed by atoms with van der Waals surface area (Å²) in [4.78, 5) is 23.5. The molecule has 1 heterocycles. The van der Waals surface area contributed by atoms with Crippen LogP contribution >= 0.6 is 0 Å². The van der Waals surface area contributed by atoms with Crippen LogP contribution in [0.15, 0.2) is 10.7 Å². The van der Waals surface area contributed by atoms with Gasteiger partial charge in [-0.2, -0.15) is 0 Å². The number of nitrogens with one attached hydrogen (secondary N) is 1. The second kappa shape index (κ2) is 6.45. The largest absolute Gasteiger partial charge is 0.465 e. The highest BCUT2D eigenvalue weighted by atomic mass is 16.5. The van der Waals surface area contributed by atoms with E-state index in [1.54, 1.807) is 0 Å². The molecule has 1 aliphatic rings. The van der Waals surface area contributed by atoms with Crippen LogP contribution in [-0.4, -0.2) is 32.2 Å². The van der Waals surface area contributed by atoms with Crippen molar-refractivity contribution in [2.75, 3.05) is 19.5 Å². The predicted octanol–water partition coefficient (Wildman–Crippen LogP) is 2.60. The first-order valence-electron chi connectivity index (χ1n) is 6.72. The Kier molecular flexibility index (Phi) is 4.65. The summed E-state index contributed by atoms with van der Waals surface area (Å²) >= 11 is 0. The molecule has 2 rings (SSSR count). The van der Waals surface area contributed by atoms with Crippen LogP contribution in [0.4, 0.5) is 5.88 Å². The summed E-state index contributed by atoms with van der Waals surface area (Å²) in [6, 6.07) is 0.254. The van der Waals surface area contributed by atoms with Crippen molar-refractivity contribution < 1.29 is 23.5 Å². The van der Waals surface area contributed by atoms with Gasteiger partial charge in [-0.1, -0.05) is 19.3 Å². The van der Waals surface area contributed by atoms with Crippen molar-refractivity contribution in [1.29, 1.82) is 0 Å². The van der Waals surface area contributed by atoms with Gasteiger partial charge in [0.1, 0.15) is 17.4 Å². The van der Waals surface area contributed by atoms with E-state index < -0.39 is 11.9 Å². The van der Waals surface area contributed by atoms with E-state index in [2.05, 4.69) is 10.1 Å². The fourth-order valence-corrected chi connectivity index (χ4v) is 2.46. The van der Waals surface area contributed by atoms with Gasteiger partial charge in [-0.05, 0) is 12.8 Å². The van der Waals surface area contributed by atoms with Crippen LogP contribution in [0.2, 0.25) is 0 Å². The van der Waals surface area contributed by atoms with Crippen molar-refractivity contribution in [3.8, 4) is 0 Å². The number of hydrogen-bond donors (Lipinski definition) is 1. The molecular weight excluding hydrogens is 262 g/mol. The lowest BCUT2D eigenvalue weighted by Gasteiger charge is -2.22. The van der Waals surface area contributed by atoms with Crippen LogP contribution in [0.25, 0.3) is 0 Å². The van der Waals surface area contributed by atoms with Crippen molar-refractivity contribution in [2.24, 2.45) is 0 Å². The average Bonchev–Trinajstić information content (AvgIpc) is 2.90. The molecule has 0 bridgehead atoms. The molecule has 0 unspecified atom stereocenters. The van der Waals surface area contributed by atoms with Crippen molar-refractivity contribution in [3.63, 3.8) is 0 Å². The van der Waals surface area contributed by atoms with Gasteiger partial charge in [-0.15, -0.1) is 0 Å². The molecule has 0 amide bonds. The first-order valence-corrected chi connectivity index (χ1v) is 6.72. The number of carbonyl (C=O) groups excluding carboxylic acids is 2. The minimum Gasteiger partial charge on any atom is -0.465 e. The molecule has 1 fully saturated rings. The van der Waals surface area contributed by atoms with E-state index in [0.717, 1.165) is 25.7 Å². The number of carbonyl (C=O) groups is 2. The smallest absolute Gasteiger partial charge is 0.344 e. The third-order valence-electron chi connectivity index (χ3n) is 3.53. The van der Waals surface area contributed by atoms with E-state index in [9.17, 15) is 9.59 Å². The maximum absolute atomic E-state index is 11.8. The molecule has 1 aromatic rings. The molecule has 110 valence electrons. The van der Waals surface area contributed by atoms with Gasteiger partial charge in [-0.25, -0.2) is 9.59 Å². The first-order chi connectivity index (χ1) is 9.67. The zero-order valence-corrected chi connectivity index (χ0v) is 11.7. The third-order valence-corrected chi connectivity index (χ3v) is 3.53. The predicted molar refractivity (Wildman–Crippen MR) is 71.9 cm³/mol. The summed E-state index contributed by atoms with van der Waals surface area (Å²) < 4.78 is 14.7. The Hall–Kier alpha value is -1.98. The standard InChI is InChI=1S/C14H19NO5/c1-18-13(16)10-8-20-12(11(10)14(17)19-2)15-9-6-4-3-5-7-9/h8-9,15H,3-7H2,1-2H3. The Morgan fingerprint density at radius 2 is 1.80 bits per heavy atom. The summed E-state index contributed by atoms with van der Waals surface area (Å²) in [6.07, 6.45) is 6.80. The van der Waals surface area contributed by atoms with Gasteiger partial charge >= 0.3 is 11.9 Å². The molecule has 0 spiro atoms. The summed E-state index contributed by atoms with van der Waals surface area (Å²) in [5.74, 6) is -0.951. The van der Waals surface area contributed by atoms with E-state index in [4.69, 9.17) is 9.15 Å². The summed E-state index contributed by atoms with van der Waals surface area (Å²) in [5.41, 5.74) is 0.183. The topological polar surface area (TPSA) is 77.8 Å². The van der Waals surface area contributed by atoms with Crippen LogP contribution in [0, 0.1) is 0 Å². The van der Waals surface area contributed by atoms with Gasteiger partial charge < -0.3 is 19.2 Å². The highest BCUT2D eigenvalue weighted by molar-refractivity contribution is 6.06. The number of hydrogen-bond acceptors (Lipinski definition) is 6. The minimum absolute atomic E-state index is 0.0812. The molecular formula is C14H19NO5. The lowest BCUT2D eigenvalue weighted by Crippen LogP contribution is -2.23. The molecule has 1 saturated carbocycles. The quantitative estimate of drug-likeness (QED) is 0.855. The van der Waals surface area contributed by atoms with Gasteiger partial charge in [-0.3, -0.25) is 0 Å². The van der Waals surface area contributed by atoms with Crippen LogP contribution in [0.5, 0.6) is 0 Å². The monoisotopic (exact) mass is 281 g/mol. The summed E-state index contributed by atoms with van der Waals surface area (Å²) in [7, 11) is 2.52. The SMILES string of the molecule is COC(=O)c1coc(NC2CCCCC2)c1C(=O)OC. The van der Waals surface area contributed by atoms with Gasteiger partial charge in [0.15, 0.2) is 0 Å². The zero-order chi connectivity index (χ0) is 14.5. The number of anilines is 1.